The molecular weight excluding hydrogens is 532 g/mol. The number of hydrogen-bond acceptors (Lipinski definition) is 8. The summed E-state index contributed by atoms with van der Waals surface area (Å²) in [6, 6.07) is 7.62. The summed E-state index contributed by atoms with van der Waals surface area (Å²) in [6.07, 6.45) is 1.85. The molecule has 2 rings (SSSR count). The van der Waals surface area contributed by atoms with Gasteiger partial charge in [-0.2, -0.15) is 10.5 Å². The average molecular weight is 542 g/mol. The Morgan fingerprint density at radius 3 is 1.41 bits per heavy atom. The van der Waals surface area contributed by atoms with Crippen molar-refractivity contribution in [3.8, 4) is 35.1 Å². The number of nitrogens with zero attached hydrogens (tertiary/aromatic N) is 2. The van der Waals surface area contributed by atoms with Crippen LogP contribution in [0.1, 0.15) is 11.1 Å². The van der Waals surface area contributed by atoms with E-state index < -0.39 is 42.6 Å². The number of phenols is 4. The summed E-state index contributed by atoms with van der Waals surface area (Å²) >= 11 is 5.96. The van der Waals surface area contributed by atoms with Crippen LogP contribution in [0, 0.1) is 22.7 Å². The van der Waals surface area contributed by atoms with Crippen LogP contribution in [-0.2, 0) is 9.84 Å². The topological polar surface area (TPSA) is 163 Å². The number of aromatic hydroxyl groups is 4. The molecule has 11 heteroatoms. The van der Waals surface area contributed by atoms with Crippen LogP contribution in [0.25, 0.3) is 12.2 Å². The van der Waals surface area contributed by atoms with Crippen LogP contribution in [-0.4, -0.2) is 28.8 Å². The predicted molar refractivity (Wildman–Crippen MR) is 111 cm³/mol. The average Bonchev–Trinajstić information content (AvgIpc) is 2.65. The zero-order chi connectivity index (χ0) is 21.9. The number of rotatable bonds is 4. The van der Waals surface area contributed by atoms with Crippen molar-refractivity contribution < 1.29 is 28.8 Å². The molecule has 0 aromatic heterocycles. The Kier molecular flexibility index (Phi) is 6.59. The Balaban J connectivity index is 2.61. The summed E-state index contributed by atoms with van der Waals surface area (Å²) < 4.78 is 25.6. The highest BCUT2D eigenvalue weighted by Crippen LogP contribution is 2.37. The van der Waals surface area contributed by atoms with Crippen LogP contribution >= 0.6 is 31.9 Å². The van der Waals surface area contributed by atoms with E-state index in [0.717, 1.165) is 24.3 Å². The van der Waals surface area contributed by atoms with E-state index in [2.05, 4.69) is 31.9 Å². The molecule has 0 aliphatic heterocycles. The number of hydrogen-bond donors (Lipinski definition) is 4. The van der Waals surface area contributed by atoms with E-state index in [1.807, 2.05) is 0 Å². The second-order valence-corrected chi connectivity index (χ2v) is 9.08. The van der Waals surface area contributed by atoms with E-state index in [0.29, 0.717) is 0 Å². The minimum absolute atomic E-state index is 0.0684. The van der Waals surface area contributed by atoms with Gasteiger partial charge in [0.1, 0.15) is 12.1 Å². The predicted octanol–water partition coefficient (Wildman–Crippen LogP) is 3.88. The number of nitriles is 2. The van der Waals surface area contributed by atoms with Crippen molar-refractivity contribution in [1.82, 2.24) is 0 Å². The van der Waals surface area contributed by atoms with Crippen molar-refractivity contribution in [2.45, 2.75) is 0 Å². The molecule has 2 aromatic carbocycles. The molecule has 0 atom stereocenters. The zero-order valence-corrected chi connectivity index (χ0v) is 18.1. The van der Waals surface area contributed by atoms with Gasteiger partial charge in [0.15, 0.2) is 32.8 Å². The highest BCUT2D eigenvalue weighted by molar-refractivity contribution is 9.10. The Morgan fingerprint density at radius 2 is 1.14 bits per heavy atom. The minimum Gasteiger partial charge on any atom is -0.504 e. The Bertz CT molecular complexity index is 1120. The molecule has 0 saturated heterocycles. The fraction of sp³-hybridized carbons (Fsp3) is 0. The third kappa shape index (κ3) is 4.71. The Labute approximate surface area is 182 Å². The SMILES string of the molecule is N#C/C(=C/c1cc(O)c(O)c(Br)c1)S(=O)(=O)/C(C#N)=C/c1cc(O)c(O)c(Br)c1. The van der Waals surface area contributed by atoms with E-state index >= 15 is 0 Å². The van der Waals surface area contributed by atoms with Gasteiger partial charge in [-0.05, 0) is 79.4 Å². The molecule has 0 unspecified atom stereocenters. The first-order valence-corrected chi connectivity index (χ1v) is 10.5. The lowest BCUT2D eigenvalue weighted by Gasteiger charge is -2.06. The van der Waals surface area contributed by atoms with E-state index in [1.54, 1.807) is 0 Å². The van der Waals surface area contributed by atoms with Crippen molar-refractivity contribution in [1.29, 1.82) is 10.5 Å². The van der Waals surface area contributed by atoms with E-state index in [1.165, 1.54) is 24.3 Å². The molecule has 29 heavy (non-hydrogen) atoms. The molecule has 0 radical (unpaired) electrons. The standard InChI is InChI=1S/C18H10Br2N2O6S/c19-13-3-9(5-15(23)17(13)25)1-11(7-21)29(27,28)12(8-22)2-10-4-14(20)18(26)16(24)6-10/h1-6,23-26H/b11-1-,12-2+. The number of halogens is 2. The van der Waals surface area contributed by atoms with Gasteiger partial charge >= 0.3 is 0 Å². The largest absolute Gasteiger partial charge is 0.504 e. The summed E-state index contributed by atoms with van der Waals surface area (Å²) in [7, 11) is -4.55. The molecule has 0 amide bonds. The smallest absolute Gasteiger partial charge is 0.226 e. The number of sulfone groups is 1. The van der Waals surface area contributed by atoms with Crippen LogP contribution in [0.5, 0.6) is 23.0 Å². The summed E-state index contributed by atoms with van der Waals surface area (Å²) in [6.45, 7) is 0. The second kappa shape index (κ2) is 8.57. The van der Waals surface area contributed by atoms with Crippen molar-refractivity contribution >= 4 is 53.8 Å². The van der Waals surface area contributed by atoms with Gasteiger partial charge in [-0.25, -0.2) is 8.42 Å². The molecular formula is C18H10Br2N2O6S. The lowest BCUT2D eigenvalue weighted by Crippen LogP contribution is -2.05. The van der Waals surface area contributed by atoms with E-state index in [-0.39, 0.29) is 20.1 Å². The molecule has 0 bridgehead atoms. The number of benzene rings is 2. The Morgan fingerprint density at radius 1 is 0.793 bits per heavy atom. The van der Waals surface area contributed by atoms with Crippen LogP contribution in [0.3, 0.4) is 0 Å². The summed E-state index contributed by atoms with van der Waals surface area (Å²) in [5.74, 6) is -2.00. The van der Waals surface area contributed by atoms with Gasteiger partial charge < -0.3 is 20.4 Å². The molecule has 0 aliphatic rings. The quantitative estimate of drug-likeness (QED) is 0.334. The second-order valence-electron chi connectivity index (χ2n) is 5.49. The van der Waals surface area contributed by atoms with Crippen molar-refractivity contribution in [2.24, 2.45) is 0 Å². The summed E-state index contributed by atoms with van der Waals surface area (Å²) in [5.41, 5.74) is 0.157. The van der Waals surface area contributed by atoms with E-state index in [4.69, 9.17) is 0 Å². The lowest BCUT2D eigenvalue weighted by molar-refractivity contribution is 0.401. The summed E-state index contributed by atoms with van der Waals surface area (Å²) in [5, 5.41) is 57.0. The van der Waals surface area contributed by atoms with Crippen molar-refractivity contribution in [3.63, 3.8) is 0 Å². The van der Waals surface area contributed by atoms with Gasteiger partial charge in [0.25, 0.3) is 0 Å². The van der Waals surface area contributed by atoms with Gasteiger partial charge in [0.05, 0.1) is 8.95 Å². The maximum absolute atomic E-state index is 12.7. The first-order chi connectivity index (χ1) is 13.5. The van der Waals surface area contributed by atoms with Gasteiger partial charge in [-0.3, -0.25) is 0 Å². The highest BCUT2D eigenvalue weighted by Gasteiger charge is 2.24. The van der Waals surface area contributed by atoms with Crippen molar-refractivity contribution in [3.05, 3.63) is 54.1 Å². The molecule has 8 nitrogen and oxygen atoms in total. The molecule has 0 aliphatic carbocycles. The molecule has 0 saturated carbocycles. The molecule has 148 valence electrons. The maximum Gasteiger partial charge on any atom is 0.226 e. The van der Waals surface area contributed by atoms with Gasteiger partial charge in [0, 0.05) is 0 Å². The maximum atomic E-state index is 12.7. The molecule has 0 spiro atoms. The first kappa shape index (κ1) is 22.3. The Hall–Kier alpha value is -2.99. The van der Waals surface area contributed by atoms with Crippen LogP contribution in [0.2, 0.25) is 0 Å². The molecule has 0 heterocycles. The highest BCUT2D eigenvalue weighted by atomic mass is 79.9. The molecule has 0 fully saturated rings. The van der Waals surface area contributed by atoms with Crippen LogP contribution in [0.15, 0.2) is 43.0 Å². The third-order valence-electron chi connectivity index (χ3n) is 3.53. The molecule has 2 aromatic rings. The van der Waals surface area contributed by atoms with E-state index in [9.17, 15) is 39.4 Å². The first-order valence-electron chi connectivity index (χ1n) is 7.43. The third-order valence-corrected chi connectivity index (χ3v) is 6.31. The lowest BCUT2D eigenvalue weighted by atomic mass is 10.2. The monoisotopic (exact) mass is 540 g/mol. The van der Waals surface area contributed by atoms with Gasteiger partial charge in [-0.15, -0.1) is 0 Å². The number of phenolic OH excluding ortho intramolecular Hbond substituents is 4. The van der Waals surface area contributed by atoms with Gasteiger partial charge in [0.2, 0.25) is 9.84 Å². The van der Waals surface area contributed by atoms with Gasteiger partial charge in [-0.1, -0.05) is 0 Å². The normalized spacial score (nSPS) is 12.3. The number of allylic oxidation sites excluding steroid dienone is 2. The zero-order valence-electron chi connectivity index (χ0n) is 14.1. The fourth-order valence-electron chi connectivity index (χ4n) is 2.14. The minimum atomic E-state index is -4.55. The summed E-state index contributed by atoms with van der Waals surface area (Å²) in [4.78, 5) is -1.58. The van der Waals surface area contributed by atoms with Crippen LogP contribution < -0.4 is 0 Å². The fourth-order valence-corrected chi connectivity index (χ4v) is 4.13. The van der Waals surface area contributed by atoms with Crippen molar-refractivity contribution in [2.75, 3.05) is 0 Å². The van der Waals surface area contributed by atoms with Crippen LogP contribution in [0.4, 0.5) is 0 Å². The molecule has 4 N–H and O–H groups in total.